The third kappa shape index (κ3) is 3.16. The van der Waals surface area contributed by atoms with Crippen molar-refractivity contribution >= 4 is 17.5 Å². The van der Waals surface area contributed by atoms with E-state index in [2.05, 4.69) is 15.6 Å². The number of benzene rings is 1. The molecule has 0 aliphatic carbocycles. The normalized spacial score (nSPS) is 9.74. The Morgan fingerprint density at radius 2 is 1.74 bits per heavy atom. The number of anilines is 1. The Morgan fingerprint density at radius 3 is 2.32 bits per heavy atom. The Balaban J connectivity index is 2.08. The van der Waals surface area contributed by atoms with Crippen molar-refractivity contribution in [3.63, 3.8) is 0 Å². The lowest BCUT2D eigenvalue weighted by atomic mass is 10.2. The van der Waals surface area contributed by atoms with Crippen LogP contribution in [0.4, 0.5) is 5.69 Å². The van der Waals surface area contributed by atoms with Crippen molar-refractivity contribution in [2.75, 3.05) is 12.4 Å². The number of carbonyl (C=O) groups excluding carboxylic acids is 2. The average Bonchev–Trinajstić information content (AvgIpc) is 2.48. The average molecular weight is 255 g/mol. The molecule has 96 valence electrons. The van der Waals surface area contributed by atoms with Crippen molar-refractivity contribution in [2.45, 2.75) is 0 Å². The maximum Gasteiger partial charge on any atom is 0.274 e. The molecule has 0 radical (unpaired) electrons. The smallest absolute Gasteiger partial charge is 0.274 e. The molecule has 0 saturated heterocycles. The van der Waals surface area contributed by atoms with Crippen molar-refractivity contribution in [1.82, 2.24) is 10.3 Å². The summed E-state index contributed by atoms with van der Waals surface area (Å²) in [4.78, 5) is 27.2. The molecular weight excluding hydrogens is 242 g/mol. The van der Waals surface area contributed by atoms with Gasteiger partial charge in [-0.05, 0) is 36.4 Å². The van der Waals surface area contributed by atoms with Crippen molar-refractivity contribution in [2.24, 2.45) is 0 Å². The number of amides is 2. The standard InChI is InChI=1S/C14H13N3O2/c1-15-13(18)10-5-7-11(8-6-10)17-14(19)12-4-2-3-9-16-12/h2-9H,1H3,(H,15,18)(H,17,19). The summed E-state index contributed by atoms with van der Waals surface area (Å²) in [6.07, 6.45) is 1.56. The highest BCUT2D eigenvalue weighted by atomic mass is 16.2. The molecule has 2 N–H and O–H groups in total. The van der Waals surface area contributed by atoms with Gasteiger partial charge >= 0.3 is 0 Å². The van der Waals surface area contributed by atoms with Crippen LogP contribution in [0.2, 0.25) is 0 Å². The number of nitrogens with one attached hydrogen (secondary N) is 2. The van der Waals surface area contributed by atoms with Gasteiger partial charge in [-0.15, -0.1) is 0 Å². The molecule has 2 amide bonds. The van der Waals surface area contributed by atoms with Gasteiger partial charge in [-0.3, -0.25) is 14.6 Å². The van der Waals surface area contributed by atoms with Gasteiger partial charge in [0.25, 0.3) is 11.8 Å². The van der Waals surface area contributed by atoms with Gasteiger partial charge in [0.05, 0.1) is 0 Å². The Bertz CT molecular complexity index is 579. The Labute approximate surface area is 110 Å². The molecule has 0 bridgehead atoms. The molecule has 2 aromatic rings. The van der Waals surface area contributed by atoms with Crippen molar-refractivity contribution in [1.29, 1.82) is 0 Å². The van der Waals surface area contributed by atoms with Crippen LogP contribution in [0.3, 0.4) is 0 Å². The summed E-state index contributed by atoms with van der Waals surface area (Å²) in [7, 11) is 1.57. The maximum absolute atomic E-state index is 11.8. The summed E-state index contributed by atoms with van der Waals surface area (Å²) in [6.45, 7) is 0. The topological polar surface area (TPSA) is 71.1 Å². The van der Waals surface area contributed by atoms with Crippen LogP contribution >= 0.6 is 0 Å². The van der Waals surface area contributed by atoms with E-state index >= 15 is 0 Å². The van der Waals surface area contributed by atoms with Crippen LogP contribution in [0.5, 0.6) is 0 Å². The number of pyridine rings is 1. The Hall–Kier alpha value is -2.69. The molecule has 5 heteroatoms. The van der Waals surface area contributed by atoms with E-state index in [9.17, 15) is 9.59 Å². The molecule has 19 heavy (non-hydrogen) atoms. The van der Waals surface area contributed by atoms with Gasteiger partial charge in [0.15, 0.2) is 0 Å². The molecular formula is C14H13N3O2. The van der Waals surface area contributed by atoms with E-state index in [1.165, 1.54) is 0 Å². The quantitative estimate of drug-likeness (QED) is 0.876. The number of hydrogen-bond donors (Lipinski definition) is 2. The highest BCUT2D eigenvalue weighted by molar-refractivity contribution is 6.03. The molecule has 0 aliphatic heterocycles. The van der Waals surface area contributed by atoms with E-state index in [-0.39, 0.29) is 11.8 Å². The largest absolute Gasteiger partial charge is 0.355 e. The predicted molar refractivity (Wildman–Crippen MR) is 72.0 cm³/mol. The van der Waals surface area contributed by atoms with Crippen LogP contribution in [0.25, 0.3) is 0 Å². The summed E-state index contributed by atoms with van der Waals surface area (Å²) in [5.41, 5.74) is 1.50. The molecule has 0 aliphatic rings. The van der Waals surface area contributed by atoms with Crippen molar-refractivity contribution in [3.05, 3.63) is 59.9 Å². The van der Waals surface area contributed by atoms with Crippen LogP contribution < -0.4 is 10.6 Å². The zero-order valence-corrected chi connectivity index (χ0v) is 10.4. The van der Waals surface area contributed by atoms with Crippen LogP contribution in [-0.4, -0.2) is 23.8 Å². The summed E-state index contributed by atoms with van der Waals surface area (Å²) < 4.78 is 0. The van der Waals surface area contributed by atoms with E-state index in [4.69, 9.17) is 0 Å². The monoisotopic (exact) mass is 255 g/mol. The lowest BCUT2D eigenvalue weighted by molar-refractivity contribution is 0.0962. The second kappa shape index (κ2) is 5.77. The molecule has 0 saturated carbocycles. The molecule has 1 heterocycles. The lowest BCUT2D eigenvalue weighted by Gasteiger charge is -2.05. The third-order valence-corrected chi connectivity index (χ3v) is 2.53. The third-order valence-electron chi connectivity index (χ3n) is 2.53. The molecule has 1 aromatic carbocycles. The number of aromatic nitrogens is 1. The van der Waals surface area contributed by atoms with Gasteiger partial charge in [0, 0.05) is 24.5 Å². The summed E-state index contributed by atoms with van der Waals surface area (Å²) in [5, 5.41) is 5.24. The van der Waals surface area contributed by atoms with Gasteiger partial charge in [-0.25, -0.2) is 0 Å². The Kier molecular flexibility index (Phi) is 3.87. The van der Waals surface area contributed by atoms with Crippen molar-refractivity contribution in [3.8, 4) is 0 Å². The van der Waals surface area contributed by atoms with Gasteiger partial charge in [0.1, 0.15) is 5.69 Å². The summed E-state index contributed by atoms with van der Waals surface area (Å²) >= 11 is 0. The van der Waals surface area contributed by atoms with E-state index in [0.29, 0.717) is 16.9 Å². The zero-order chi connectivity index (χ0) is 13.7. The van der Waals surface area contributed by atoms with E-state index in [1.807, 2.05) is 0 Å². The van der Waals surface area contributed by atoms with Gasteiger partial charge < -0.3 is 10.6 Å². The lowest BCUT2D eigenvalue weighted by Crippen LogP contribution is -2.18. The van der Waals surface area contributed by atoms with Crippen LogP contribution in [0, 0.1) is 0 Å². The number of nitrogens with zero attached hydrogens (tertiary/aromatic N) is 1. The van der Waals surface area contributed by atoms with E-state index < -0.39 is 0 Å². The highest BCUT2D eigenvalue weighted by Gasteiger charge is 2.07. The fourth-order valence-corrected chi connectivity index (χ4v) is 1.54. The van der Waals surface area contributed by atoms with Crippen LogP contribution in [-0.2, 0) is 0 Å². The fraction of sp³-hybridized carbons (Fsp3) is 0.0714. The minimum absolute atomic E-state index is 0.164. The number of carbonyl (C=O) groups is 2. The van der Waals surface area contributed by atoms with Crippen LogP contribution in [0.1, 0.15) is 20.8 Å². The fourth-order valence-electron chi connectivity index (χ4n) is 1.54. The first-order valence-corrected chi connectivity index (χ1v) is 5.75. The minimum Gasteiger partial charge on any atom is -0.355 e. The van der Waals surface area contributed by atoms with Crippen molar-refractivity contribution < 1.29 is 9.59 Å². The maximum atomic E-state index is 11.8. The van der Waals surface area contributed by atoms with Gasteiger partial charge in [0.2, 0.25) is 0 Å². The van der Waals surface area contributed by atoms with Gasteiger partial charge in [-0.1, -0.05) is 6.07 Å². The molecule has 2 rings (SSSR count). The Morgan fingerprint density at radius 1 is 1.00 bits per heavy atom. The molecule has 1 aromatic heterocycles. The van der Waals surface area contributed by atoms with E-state index in [0.717, 1.165) is 0 Å². The first-order chi connectivity index (χ1) is 9.20. The molecule has 5 nitrogen and oxygen atoms in total. The summed E-state index contributed by atoms with van der Waals surface area (Å²) in [5.74, 6) is -0.448. The first-order valence-electron chi connectivity index (χ1n) is 5.75. The van der Waals surface area contributed by atoms with Crippen LogP contribution in [0.15, 0.2) is 48.7 Å². The zero-order valence-electron chi connectivity index (χ0n) is 10.4. The summed E-state index contributed by atoms with van der Waals surface area (Å²) in [6, 6.07) is 11.8. The second-order valence-electron chi connectivity index (χ2n) is 3.83. The molecule has 0 unspecified atom stereocenters. The minimum atomic E-state index is -0.284. The highest BCUT2D eigenvalue weighted by Crippen LogP contribution is 2.10. The SMILES string of the molecule is CNC(=O)c1ccc(NC(=O)c2ccccn2)cc1. The predicted octanol–water partition coefficient (Wildman–Crippen LogP) is 1.69. The molecule has 0 atom stereocenters. The molecule has 0 spiro atoms. The second-order valence-corrected chi connectivity index (χ2v) is 3.83. The number of hydrogen-bond acceptors (Lipinski definition) is 3. The first kappa shape index (κ1) is 12.8. The molecule has 0 fully saturated rings. The van der Waals surface area contributed by atoms with E-state index in [1.54, 1.807) is 55.7 Å². The number of rotatable bonds is 3. The van der Waals surface area contributed by atoms with Gasteiger partial charge in [-0.2, -0.15) is 0 Å².